The van der Waals surface area contributed by atoms with E-state index in [1.807, 2.05) is 13.8 Å². The molecule has 4 rings (SSSR count). The molecule has 1 aliphatic rings. The molecule has 0 bridgehead atoms. The summed E-state index contributed by atoms with van der Waals surface area (Å²) in [7, 11) is -0.762. The SMILES string of the molecule is C[C@@H]1CCCCO[C@H](CN(C)C(=O)Nc2ccc(F)cc2)[C@@H](C)CN([C@@H](C)CO)C(=O)c2cc(NS(=O)(=O)c3cn(C)cn3)ccc2O1. The van der Waals surface area contributed by atoms with E-state index >= 15 is 0 Å². The molecule has 0 radical (unpaired) electrons. The first-order chi connectivity index (χ1) is 22.8. The number of nitrogens with zero attached hydrogens (tertiary/aromatic N) is 4. The molecule has 2 heterocycles. The van der Waals surface area contributed by atoms with Crippen LogP contribution in [0.1, 0.15) is 50.4 Å². The molecule has 1 aliphatic heterocycles. The number of carbonyl (C=O) groups excluding carboxylic acids is 2. The summed E-state index contributed by atoms with van der Waals surface area (Å²) >= 11 is 0. The van der Waals surface area contributed by atoms with Crippen molar-refractivity contribution in [2.75, 3.05) is 43.4 Å². The molecule has 0 fully saturated rings. The summed E-state index contributed by atoms with van der Waals surface area (Å²) in [5.74, 6) is -0.896. The first kappa shape index (κ1) is 36.6. The summed E-state index contributed by atoms with van der Waals surface area (Å²) in [6, 6.07) is 8.96. The number of amides is 3. The van der Waals surface area contributed by atoms with Gasteiger partial charge in [-0.05, 0) is 75.6 Å². The number of aliphatic hydroxyl groups is 1. The molecule has 3 aromatic rings. The Hall–Kier alpha value is -4.21. The van der Waals surface area contributed by atoms with E-state index in [2.05, 4.69) is 15.0 Å². The van der Waals surface area contributed by atoms with Gasteiger partial charge in [0.05, 0.1) is 36.7 Å². The number of carbonyl (C=O) groups is 2. The van der Waals surface area contributed by atoms with Crippen LogP contribution in [0, 0.1) is 11.7 Å². The molecule has 2 aromatic carbocycles. The lowest BCUT2D eigenvalue weighted by Crippen LogP contribution is -2.48. The van der Waals surface area contributed by atoms with Gasteiger partial charge >= 0.3 is 6.03 Å². The number of benzene rings is 2. The van der Waals surface area contributed by atoms with Crippen molar-refractivity contribution in [3.05, 3.63) is 66.4 Å². The summed E-state index contributed by atoms with van der Waals surface area (Å²) < 4.78 is 56.0. The van der Waals surface area contributed by atoms with E-state index in [0.29, 0.717) is 18.7 Å². The Kier molecular flexibility index (Phi) is 12.4. The Bertz CT molecular complexity index is 1650. The number of halogens is 1. The maximum atomic E-state index is 14.3. The van der Waals surface area contributed by atoms with E-state index in [4.69, 9.17) is 9.47 Å². The number of fused-ring (bicyclic) bond motifs is 1. The van der Waals surface area contributed by atoms with Gasteiger partial charge in [0, 0.05) is 57.3 Å². The number of hydrogen-bond donors (Lipinski definition) is 3. The molecule has 13 nitrogen and oxygen atoms in total. The topological polar surface area (TPSA) is 155 Å². The number of hydrogen-bond acceptors (Lipinski definition) is 8. The van der Waals surface area contributed by atoms with Gasteiger partial charge in [-0.3, -0.25) is 9.52 Å². The zero-order valence-corrected chi connectivity index (χ0v) is 28.7. The van der Waals surface area contributed by atoms with E-state index < -0.39 is 39.9 Å². The minimum atomic E-state index is -4.05. The Morgan fingerprint density at radius 1 is 1.17 bits per heavy atom. The molecule has 15 heteroatoms. The second-order valence-corrected chi connectivity index (χ2v) is 13.9. The number of urea groups is 1. The average Bonchev–Trinajstić information content (AvgIpc) is 3.50. The second kappa shape index (κ2) is 16.3. The van der Waals surface area contributed by atoms with Crippen LogP contribution < -0.4 is 14.8 Å². The second-order valence-electron chi connectivity index (χ2n) is 12.3. The maximum absolute atomic E-state index is 14.3. The summed E-state index contributed by atoms with van der Waals surface area (Å²) in [6.45, 7) is 5.95. The van der Waals surface area contributed by atoms with Crippen molar-refractivity contribution in [2.45, 2.75) is 63.3 Å². The molecule has 1 aromatic heterocycles. The number of imidazole rings is 1. The van der Waals surface area contributed by atoms with Gasteiger partial charge in [-0.1, -0.05) is 6.92 Å². The summed E-state index contributed by atoms with van der Waals surface area (Å²) in [4.78, 5) is 34.2. The van der Waals surface area contributed by atoms with Crippen LogP contribution >= 0.6 is 0 Å². The fourth-order valence-corrected chi connectivity index (χ4v) is 6.32. The van der Waals surface area contributed by atoms with Gasteiger partial charge < -0.3 is 34.3 Å². The number of rotatable bonds is 8. The molecule has 0 saturated carbocycles. The number of ether oxygens (including phenoxy) is 2. The first-order valence-electron chi connectivity index (χ1n) is 15.9. The predicted molar refractivity (Wildman–Crippen MR) is 179 cm³/mol. The predicted octanol–water partition coefficient (Wildman–Crippen LogP) is 4.32. The van der Waals surface area contributed by atoms with E-state index in [1.165, 1.54) is 63.3 Å². The fourth-order valence-electron chi connectivity index (χ4n) is 5.29. The molecule has 0 aliphatic carbocycles. The lowest BCUT2D eigenvalue weighted by atomic mass is 10.0. The maximum Gasteiger partial charge on any atom is 0.321 e. The van der Waals surface area contributed by atoms with Crippen molar-refractivity contribution >= 4 is 33.3 Å². The van der Waals surface area contributed by atoms with Crippen molar-refractivity contribution in [3.63, 3.8) is 0 Å². The van der Waals surface area contributed by atoms with Gasteiger partial charge in [0.1, 0.15) is 11.6 Å². The Morgan fingerprint density at radius 2 is 1.88 bits per heavy atom. The van der Waals surface area contributed by atoms with Crippen LogP contribution in [0.4, 0.5) is 20.6 Å². The highest BCUT2D eigenvalue weighted by Crippen LogP contribution is 2.29. The molecular weight excluding hydrogens is 643 g/mol. The van der Waals surface area contributed by atoms with Crippen molar-refractivity contribution < 1.29 is 37.0 Å². The van der Waals surface area contributed by atoms with Gasteiger partial charge in [0.25, 0.3) is 15.9 Å². The number of nitrogens with one attached hydrogen (secondary N) is 2. The molecule has 48 heavy (non-hydrogen) atoms. The Morgan fingerprint density at radius 3 is 2.54 bits per heavy atom. The lowest BCUT2D eigenvalue weighted by molar-refractivity contribution is -0.0115. The van der Waals surface area contributed by atoms with Crippen molar-refractivity contribution in [3.8, 4) is 5.75 Å². The van der Waals surface area contributed by atoms with Gasteiger partial charge in [-0.15, -0.1) is 0 Å². The van der Waals surface area contributed by atoms with Crippen molar-refractivity contribution in [2.24, 2.45) is 13.0 Å². The third-order valence-electron chi connectivity index (χ3n) is 8.16. The van der Waals surface area contributed by atoms with Crippen LogP contribution in [-0.2, 0) is 21.8 Å². The van der Waals surface area contributed by atoms with Crippen LogP contribution in [0.15, 0.2) is 60.0 Å². The molecule has 0 saturated heterocycles. The van der Waals surface area contributed by atoms with Crippen LogP contribution in [0.25, 0.3) is 0 Å². The number of aryl methyl sites for hydroxylation is 1. The highest BCUT2D eigenvalue weighted by Gasteiger charge is 2.31. The number of likely N-dealkylation sites (N-methyl/N-ethyl adjacent to an activating group) is 1. The minimum absolute atomic E-state index is 0.126. The Balaban J connectivity index is 1.62. The quantitative estimate of drug-likeness (QED) is 0.316. The zero-order chi connectivity index (χ0) is 35.0. The van der Waals surface area contributed by atoms with E-state index in [-0.39, 0.29) is 53.7 Å². The molecular formula is C33H45FN6O7S. The van der Waals surface area contributed by atoms with Crippen molar-refractivity contribution in [1.82, 2.24) is 19.4 Å². The van der Waals surface area contributed by atoms with Crippen LogP contribution in [-0.4, -0.2) is 96.4 Å². The Labute approximate surface area is 281 Å². The third-order valence-corrected chi connectivity index (χ3v) is 9.42. The van der Waals surface area contributed by atoms with Gasteiger partial charge in [-0.25, -0.2) is 14.2 Å². The fraction of sp³-hybridized carbons (Fsp3) is 0.485. The summed E-state index contributed by atoms with van der Waals surface area (Å²) in [6.07, 6.45) is 4.17. The third kappa shape index (κ3) is 9.67. The minimum Gasteiger partial charge on any atom is -0.490 e. The number of anilines is 2. The van der Waals surface area contributed by atoms with Crippen molar-refractivity contribution in [1.29, 1.82) is 0 Å². The van der Waals surface area contributed by atoms with Crippen LogP contribution in [0.2, 0.25) is 0 Å². The first-order valence-corrected chi connectivity index (χ1v) is 17.4. The van der Waals surface area contributed by atoms with Crippen LogP contribution in [0.3, 0.4) is 0 Å². The summed E-state index contributed by atoms with van der Waals surface area (Å²) in [5, 5.41) is 12.8. The molecule has 4 atom stereocenters. The van der Waals surface area contributed by atoms with Gasteiger partial charge in [-0.2, -0.15) is 8.42 Å². The molecule has 0 unspecified atom stereocenters. The number of sulfonamides is 1. The lowest BCUT2D eigenvalue weighted by Gasteiger charge is -2.35. The standard InChI is InChI=1S/C33H45FN6O7S/c1-22-17-40(23(2)20-41)32(42)28-16-27(37-48(44,45)31-19-38(4)21-35-31)13-14-29(28)47-24(3)8-6-7-15-46-30(22)18-39(5)33(43)36-26-11-9-25(34)10-12-26/h9-14,16,19,21-24,30,37,41H,6-8,15,17-18,20H2,1-5H3,(H,36,43)/t22-,23-,24+,30+/m0/s1. The largest absolute Gasteiger partial charge is 0.490 e. The highest BCUT2D eigenvalue weighted by atomic mass is 32.2. The average molecular weight is 689 g/mol. The van der Waals surface area contributed by atoms with Crippen LogP contribution in [0.5, 0.6) is 5.75 Å². The monoisotopic (exact) mass is 688 g/mol. The number of aliphatic hydroxyl groups excluding tert-OH is 1. The molecule has 3 amide bonds. The van der Waals surface area contributed by atoms with E-state index in [1.54, 1.807) is 27.1 Å². The molecule has 0 spiro atoms. The van der Waals surface area contributed by atoms with E-state index in [9.17, 15) is 27.5 Å². The summed E-state index contributed by atoms with van der Waals surface area (Å²) in [5.41, 5.74) is 0.712. The zero-order valence-electron chi connectivity index (χ0n) is 27.9. The normalized spacial score (nSPS) is 20.2. The number of aromatic nitrogens is 2. The van der Waals surface area contributed by atoms with Gasteiger partial charge in [0.2, 0.25) is 0 Å². The molecule has 262 valence electrons. The van der Waals surface area contributed by atoms with Gasteiger partial charge in [0.15, 0.2) is 5.03 Å². The van der Waals surface area contributed by atoms with E-state index in [0.717, 1.165) is 12.8 Å². The molecule has 3 N–H and O–H groups in total. The smallest absolute Gasteiger partial charge is 0.321 e. The highest BCUT2D eigenvalue weighted by molar-refractivity contribution is 7.92.